The van der Waals surface area contributed by atoms with Crippen molar-refractivity contribution < 1.29 is 0 Å². The Hall–Kier alpha value is -0.610. The number of halogens is 1. The summed E-state index contributed by atoms with van der Waals surface area (Å²) in [6.45, 7) is 7.34. The summed E-state index contributed by atoms with van der Waals surface area (Å²) in [7, 11) is 0. The molecule has 1 N–H and O–H groups in total. The molecule has 2 aliphatic carbocycles. The van der Waals surface area contributed by atoms with E-state index in [0.717, 1.165) is 20.7 Å². The van der Waals surface area contributed by atoms with Gasteiger partial charge < -0.3 is 9.55 Å². The van der Waals surface area contributed by atoms with E-state index in [-0.39, 0.29) is 0 Å². The van der Waals surface area contributed by atoms with Crippen molar-refractivity contribution in [2.75, 3.05) is 0 Å². The first-order valence-electron chi connectivity index (χ1n) is 7.73. The number of hydrogen-bond donors (Lipinski definition) is 1. The van der Waals surface area contributed by atoms with Crippen LogP contribution in [0, 0.1) is 21.5 Å². The van der Waals surface area contributed by atoms with Gasteiger partial charge in [0, 0.05) is 10.5 Å². The van der Waals surface area contributed by atoms with Gasteiger partial charge in [0.25, 0.3) is 0 Å². The maximum Gasteiger partial charge on any atom is 0.178 e. The second-order valence-electron chi connectivity index (χ2n) is 7.78. The zero-order valence-corrected chi connectivity index (χ0v) is 15.1. The van der Waals surface area contributed by atoms with Crippen LogP contribution in [0.5, 0.6) is 0 Å². The van der Waals surface area contributed by atoms with Gasteiger partial charge in [0.05, 0.1) is 11.0 Å². The second-order valence-corrected chi connectivity index (χ2v) is 9.08. The van der Waals surface area contributed by atoms with Crippen LogP contribution >= 0.6 is 28.1 Å². The summed E-state index contributed by atoms with van der Waals surface area (Å²) in [5.41, 5.74) is 3.08. The zero-order valence-electron chi connectivity index (χ0n) is 12.7. The van der Waals surface area contributed by atoms with Gasteiger partial charge in [0.15, 0.2) is 4.77 Å². The fraction of sp³-hybridized carbons (Fsp3) is 0.588. The van der Waals surface area contributed by atoms with Gasteiger partial charge >= 0.3 is 0 Å². The monoisotopic (exact) mass is 364 g/mol. The van der Waals surface area contributed by atoms with Crippen LogP contribution in [0.15, 0.2) is 22.7 Å². The van der Waals surface area contributed by atoms with Crippen LogP contribution in [0.4, 0.5) is 0 Å². The Morgan fingerprint density at radius 3 is 2.76 bits per heavy atom. The van der Waals surface area contributed by atoms with Gasteiger partial charge in [0.2, 0.25) is 0 Å². The number of hydrogen-bond acceptors (Lipinski definition) is 1. The van der Waals surface area contributed by atoms with Crippen LogP contribution in [-0.4, -0.2) is 9.55 Å². The van der Waals surface area contributed by atoms with Crippen LogP contribution in [0.25, 0.3) is 11.0 Å². The molecular weight excluding hydrogens is 344 g/mol. The molecule has 3 unspecified atom stereocenters. The Labute approximate surface area is 139 Å². The lowest BCUT2D eigenvalue weighted by molar-refractivity contribution is 0.0855. The molecule has 2 nitrogen and oxygen atoms in total. The van der Waals surface area contributed by atoms with E-state index in [9.17, 15) is 0 Å². The van der Waals surface area contributed by atoms with Gasteiger partial charge in [-0.25, -0.2) is 0 Å². The zero-order chi connectivity index (χ0) is 15.0. The average molecular weight is 365 g/mol. The molecule has 4 rings (SSSR count). The van der Waals surface area contributed by atoms with E-state index in [2.05, 4.69) is 64.5 Å². The molecule has 112 valence electrons. The number of aromatic nitrogens is 2. The number of nitrogens with zero attached hydrogens (tertiary/aromatic N) is 1. The van der Waals surface area contributed by atoms with E-state index in [1.165, 1.54) is 24.8 Å². The Kier molecular flexibility index (Phi) is 2.82. The minimum absolute atomic E-state index is 0.313. The molecule has 2 bridgehead atoms. The van der Waals surface area contributed by atoms with Crippen molar-refractivity contribution in [3.63, 3.8) is 0 Å². The molecule has 0 aliphatic heterocycles. The average Bonchev–Trinajstić information content (AvgIpc) is 2.97. The molecule has 0 spiro atoms. The predicted molar refractivity (Wildman–Crippen MR) is 93.1 cm³/mol. The van der Waals surface area contributed by atoms with Crippen LogP contribution in [0.3, 0.4) is 0 Å². The minimum atomic E-state index is 0.313. The third-order valence-electron chi connectivity index (χ3n) is 6.13. The van der Waals surface area contributed by atoms with Crippen LogP contribution < -0.4 is 0 Å². The molecule has 3 atom stereocenters. The number of benzene rings is 1. The number of imidazole rings is 1. The van der Waals surface area contributed by atoms with E-state index in [1.807, 2.05) is 0 Å². The Morgan fingerprint density at radius 1 is 1.33 bits per heavy atom. The van der Waals surface area contributed by atoms with Crippen LogP contribution in [-0.2, 0) is 0 Å². The van der Waals surface area contributed by atoms with Crippen molar-refractivity contribution in [2.45, 2.75) is 46.1 Å². The third kappa shape index (κ3) is 1.78. The maximum absolute atomic E-state index is 5.69. The van der Waals surface area contributed by atoms with E-state index in [4.69, 9.17) is 12.2 Å². The molecule has 2 fully saturated rings. The third-order valence-corrected chi connectivity index (χ3v) is 6.92. The maximum atomic E-state index is 5.69. The normalized spacial score (nSPS) is 33.9. The molecule has 2 aromatic rings. The van der Waals surface area contributed by atoms with Gasteiger partial charge in [-0.15, -0.1) is 0 Å². The van der Waals surface area contributed by atoms with E-state index >= 15 is 0 Å². The van der Waals surface area contributed by atoms with Crippen molar-refractivity contribution in [1.82, 2.24) is 9.55 Å². The summed E-state index contributed by atoms with van der Waals surface area (Å²) in [5, 5.41) is 0. The van der Waals surface area contributed by atoms with Crippen molar-refractivity contribution in [3.05, 3.63) is 27.4 Å². The lowest BCUT2D eigenvalue weighted by Crippen LogP contribution is -2.37. The van der Waals surface area contributed by atoms with Gasteiger partial charge in [-0.1, -0.05) is 36.7 Å². The molecule has 4 heteroatoms. The lowest BCUT2D eigenvalue weighted by Gasteiger charge is -2.43. The first-order valence-corrected chi connectivity index (χ1v) is 8.93. The fourth-order valence-electron chi connectivity index (χ4n) is 5.28. The van der Waals surface area contributed by atoms with E-state index in [0.29, 0.717) is 16.9 Å². The smallest absolute Gasteiger partial charge is 0.178 e. The van der Waals surface area contributed by atoms with Gasteiger partial charge in [-0.05, 0) is 66.4 Å². The lowest BCUT2D eigenvalue weighted by atomic mass is 9.68. The standard InChI is InChI=1S/C17H21BrN2S/c1-16(2)10-6-7-17(3,9-10)14(16)20-13-5-4-11(18)8-12(13)19-15(20)21/h4-5,8,10,14H,6-7,9H2,1-3H3,(H,19,21). The summed E-state index contributed by atoms with van der Waals surface area (Å²) < 4.78 is 4.38. The largest absolute Gasteiger partial charge is 0.331 e. The topological polar surface area (TPSA) is 20.7 Å². The molecule has 2 saturated carbocycles. The fourth-order valence-corrected chi connectivity index (χ4v) is 5.95. The number of nitrogens with one attached hydrogen (secondary N) is 1. The Balaban J connectivity index is 1.98. The van der Waals surface area contributed by atoms with E-state index in [1.54, 1.807) is 0 Å². The summed E-state index contributed by atoms with van der Waals surface area (Å²) in [4.78, 5) is 3.41. The highest BCUT2D eigenvalue weighted by atomic mass is 79.9. The first-order chi connectivity index (χ1) is 9.83. The van der Waals surface area contributed by atoms with Gasteiger partial charge in [-0.2, -0.15) is 0 Å². The summed E-state index contributed by atoms with van der Waals surface area (Å²) in [5.74, 6) is 0.829. The van der Waals surface area contributed by atoms with Gasteiger partial charge in [-0.3, -0.25) is 0 Å². The van der Waals surface area contributed by atoms with Crippen LogP contribution in [0.1, 0.15) is 46.1 Å². The summed E-state index contributed by atoms with van der Waals surface area (Å²) in [6.07, 6.45) is 4.05. The van der Waals surface area contributed by atoms with Crippen molar-refractivity contribution in [3.8, 4) is 0 Å². The molecule has 1 heterocycles. The Bertz CT molecular complexity index is 783. The number of rotatable bonds is 1. The quantitative estimate of drug-likeness (QED) is 0.629. The molecule has 21 heavy (non-hydrogen) atoms. The number of fused-ring (bicyclic) bond motifs is 3. The Morgan fingerprint density at radius 2 is 2.10 bits per heavy atom. The highest BCUT2D eigenvalue weighted by molar-refractivity contribution is 9.10. The molecule has 2 aliphatic rings. The second kappa shape index (κ2) is 4.23. The molecule has 1 aromatic heterocycles. The van der Waals surface area contributed by atoms with Crippen molar-refractivity contribution in [1.29, 1.82) is 0 Å². The number of H-pyrrole nitrogens is 1. The van der Waals surface area contributed by atoms with E-state index < -0.39 is 0 Å². The number of aromatic amines is 1. The SMILES string of the molecule is CC12CCC(C1)C(C)(C)C2n1c(=S)[nH]c2cc(Br)ccc21. The highest BCUT2D eigenvalue weighted by Crippen LogP contribution is 2.68. The molecule has 0 radical (unpaired) electrons. The summed E-state index contributed by atoms with van der Waals surface area (Å²) >= 11 is 9.24. The van der Waals surface area contributed by atoms with Crippen LogP contribution in [0.2, 0.25) is 0 Å². The van der Waals surface area contributed by atoms with Gasteiger partial charge in [0.1, 0.15) is 0 Å². The highest BCUT2D eigenvalue weighted by Gasteiger charge is 2.60. The van der Waals surface area contributed by atoms with Crippen molar-refractivity contribution in [2.24, 2.45) is 16.7 Å². The molecule has 0 amide bonds. The first kappa shape index (κ1) is 14.0. The molecule has 1 aromatic carbocycles. The minimum Gasteiger partial charge on any atom is -0.331 e. The molecule has 0 saturated heterocycles. The van der Waals surface area contributed by atoms with Crippen molar-refractivity contribution >= 4 is 39.2 Å². The predicted octanol–water partition coefficient (Wildman–Crippen LogP) is 5.85. The molecular formula is C17H21BrN2S. The summed E-state index contributed by atoms with van der Waals surface area (Å²) in [6, 6.07) is 6.93.